The normalized spacial score (nSPS) is 10.9. The van der Waals surface area contributed by atoms with Crippen LogP contribution in [-0.2, 0) is 5.41 Å². The van der Waals surface area contributed by atoms with Crippen LogP contribution in [0.25, 0.3) is 0 Å². The van der Waals surface area contributed by atoms with Gasteiger partial charge in [0.15, 0.2) is 0 Å². The van der Waals surface area contributed by atoms with Crippen molar-refractivity contribution in [2.75, 3.05) is 5.73 Å². The lowest BCUT2D eigenvalue weighted by Gasteiger charge is -2.19. The summed E-state index contributed by atoms with van der Waals surface area (Å²) < 4.78 is 5.70. The number of rotatable bonds is 2. The van der Waals surface area contributed by atoms with Crippen molar-refractivity contribution in [3.8, 4) is 17.7 Å². The highest BCUT2D eigenvalue weighted by Gasteiger charge is 2.14. The number of benzene rings is 1. The molecule has 0 aliphatic rings. The van der Waals surface area contributed by atoms with Gasteiger partial charge in [-0.3, -0.25) is 0 Å². The number of aromatic nitrogens is 1. The molecule has 0 fully saturated rings. The quantitative estimate of drug-likeness (QED) is 0.901. The first-order valence-electron chi connectivity index (χ1n) is 6.34. The molecule has 0 unspecified atom stereocenters. The molecule has 1 heterocycles. The first-order valence-corrected chi connectivity index (χ1v) is 6.34. The fraction of sp³-hybridized carbons (Fsp3) is 0.250. The lowest BCUT2D eigenvalue weighted by Crippen LogP contribution is -2.10. The summed E-state index contributed by atoms with van der Waals surface area (Å²) in [5, 5.41) is 8.78. The summed E-state index contributed by atoms with van der Waals surface area (Å²) in [7, 11) is 0. The molecule has 0 saturated carbocycles. The third kappa shape index (κ3) is 3.07. The molecule has 0 atom stereocenters. The van der Waals surface area contributed by atoms with Crippen LogP contribution in [-0.4, -0.2) is 4.98 Å². The first kappa shape index (κ1) is 13.9. The molecule has 0 amide bonds. The zero-order chi connectivity index (χ0) is 14.8. The van der Waals surface area contributed by atoms with Crippen LogP contribution >= 0.6 is 0 Å². The Morgan fingerprint density at radius 3 is 2.60 bits per heavy atom. The number of hydrogen-bond acceptors (Lipinski definition) is 4. The molecule has 20 heavy (non-hydrogen) atoms. The maximum absolute atomic E-state index is 8.78. The van der Waals surface area contributed by atoms with Crippen LogP contribution < -0.4 is 10.5 Å². The summed E-state index contributed by atoms with van der Waals surface area (Å²) in [5.74, 6) is 0.997. The number of anilines is 1. The van der Waals surface area contributed by atoms with Gasteiger partial charge < -0.3 is 10.5 Å². The Morgan fingerprint density at radius 1 is 1.25 bits per heavy atom. The largest absolute Gasteiger partial charge is 0.437 e. The predicted octanol–water partition coefficient (Wildman–Crippen LogP) is 3.63. The van der Waals surface area contributed by atoms with E-state index < -0.39 is 0 Å². The maximum Gasteiger partial charge on any atom is 0.242 e. The van der Waals surface area contributed by atoms with E-state index in [0.717, 1.165) is 0 Å². The molecule has 0 spiro atoms. The number of nitrogens with two attached hydrogens (primary N) is 1. The van der Waals surface area contributed by atoms with Gasteiger partial charge >= 0.3 is 0 Å². The molecule has 0 aliphatic carbocycles. The number of nitrogens with zero attached hydrogens (tertiary/aromatic N) is 2. The van der Waals surface area contributed by atoms with Crippen molar-refractivity contribution in [3.05, 3.63) is 47.7 Å². The second kappa shape index (κ2) is 5.22. The Hall–Kier alpha value is -2.54. The Labute approximate surface area is 118 Å². The van der Waals surface area contributed by atoms with Crippen LogP contribution in [0.3, 0.4) is 0 Å². The van der Waals surface area contributed by atoms with Crippen molar-refractivity contribution < 1.29 is 4.74 Å². The molecule has 4 nitrogen and oxygen atoms in total. The summed E-state index contributed by atoms with van der Waals surface area (Å²) in [6, 6.07) is 11.4. The minimum Gasteiger partial charge on any atom is -0.437 e. The van der Waals surface area contributed by atoms with Gasteiger partial charge in [0.2, 0.25) is 5.88 Å². The number of nitriles is 1. The molecule has 0 bridgehead atoms. The van der Waals surface area contributed by atoms with Crippen molar-refractivity contribution in [3.63, 3.8) is 0 Å². The summed E-state index contributed by atoms with van der Waals surface area (Å²) in [6.45, 7) is 6.42. The van der Waals surface area contributed by atoms with E-state index in [4.69, 9.17) is 15.7 Å². The molecular weight excluding hydrogens is 250 g/mol. The Balaban J connectivity index is 2.29. The highest BCUT2D eigenvalue weighted by atomic mass is 16.5. The van der Waals surface area contributed by atoms with Crippen molar-refractivity contribution in [1.82, 2.24) is 4.98 Å². The fourth-order valence-electron chi connectivity index (χ4n) is 1.75. The van der Waals surface area contributed by atoms with E-state index in [2.05, 4.69) is 31.8 Å². The molecule has 102 valence electrons. The van der Waals surface area contributed by atoms with E-state index in [1.54, 1.807) is 6.07 Å². The third-order valence-electron chi connectivity index (χ3n) is 2.92. The fourth-order valence-corrected chi connectivity index (χ4v) is 1.75. The molecule has 0 saturated heterocycles. The lowest BCUT2D eigenvalue weighted by atomic mass is 9.87. The van der Waals surface area contributed by atoms with Gasteiger partial charge in [-0.25, -0.2) is 4.98 Å². The Bertz CT molecular complexity index is 666. The number of nitrogen functional groups attached to an aromatic ring is 1. The predicted molar refractivity (Wildman–Crippen MR) is 78.6 cm³/mol. The van der Waals surface area contributed by atoms with Crippen LogP contribution in [0, 0.1) is 11.3 Å². The van der Waals surface area contributed by atoms with Crippen molar-refractivity contribution in [1.29, 1.82) is 5.26 Å². The monoisotopic (exact) mass is 267 g/mol. The van der Waals surface area contributed by atoms with Gasteiger partial charge in [-0.05, 0) is 29.2 Å². The summed E-state index contributed by atoms with van der Waals surface area (Å²) >= 11 is 0. The number of pyridine rings is 1. The van der Waals surface area contributed by atoms with Crippen LogP contribution in [0.1, 0.15) is 31.9 Å². The van der Waals surface area contributed by atoms with Gasteiger partial charge in [-0.2, -0.15) is 5.26 Å². The van der Waals surface area contributed by atoms with Crippen LogP contribution in [0.15, 0.2) is 36.5 Å². The second-order valence-corrected chi connectivity index (χ2v) is 5.61. The smallest absolute Gasteiger partial charge is 0.242 e. The van der Waals surface area contributed by atoms with E-state index in [9.17, 15) is 0 Å². The minimum absolute atomic E-state index is 0.0447. The third-order valence-corrected chi connectivity index (χ3v) is 2.92. The number of ether oxygens (including phenoxy) is 1. The zero-order valence-electron chi connectivity index (χ0n) is 11.8. The van der Waals surface area contributed by atoms with E-state index >= 15 is 0 Å². The Morgan fingerprint density at radius 2 is 2.00 bits per heavy atom. The molecule has 1 aromatic carbocycles. The van der Waals surface area contributed by atoms with Crippen molar-refractivity contribution in [2.24, 2.45) is 0 Å². The standard InChI is InChI=1S/C16H17N3O/c1-16(2,3)12-5-4-6-13(8-12)20-15-14(18)7-11(9-17)10-19-15/h4-8,10H,18H2,1-3H3. The molecule has 0 radical (unpaired) electrons. The van der Waals surface area contributed by atoms with Crippen LogP contribution in [0.5, 0.6) is 11.6 Å². The minimum atomic E-state index is 0.0447. The van der Waals surface area contributed by atoms with E-state index in [1.165, 1.54) is 11.8 Å². The van der Waals surface area contributed by atoms with E-state index in [0.29, 0.717) is 22.9 Å². The highest BCUT2D eigenvalue weighted by molar-refractivity contribution is 5.53. The highest BCUT2D eigenvalue weighted by Crippen LogP contribution is 2.29. The van der Waals surface area contributed by atoms with Gasteiger partial charge in [0.05, 0.1) is 11.3 Å². The van der Waals surface area contributed by atoms with Crippen molar-refractivity contribution in [2.45, 2.75) is 26.2 Å². The Kier molecular flexibility index (Phi) is 3.62. The average Bonchev–Trinajstić information content (AvgIpc) is 2.40. The SMILES string of the molecule is CC(C)(C)c1cccc(Oc2ncc(C#N)cc2N)c1. The van der Waals surface area contributed by atoms with Gasteiger partial charge in [0, 0.05) is 6.20 Å². The van der Waals surface area contributed by atoms with Gasteiger partial charge in [-0.1, -0.05) is 32.9 Å². The molecule has 0 aliphatic heterocycles. The van der Waals surface area contributed by atoms with Gasteiger partial charge in [0.25, 0.3) is 0 Å². The molecule has 2 N–H and O–H groups in total. The molecule has 1 aromatic heterocycles. The second-order valence-electron chi connectivity index (χ2n) is 5.61. The summed E-state index contributed by atoms with van der Waals surface area (Å²) in [5.41, 5.74) is 7.81. The molecular formula is C16H17N3O. The molecule has 4 heteroatoms. The van der Waals surface area contributed by atoms with Crippen LogP contribution in [0.2, 0.25) is 0 Å². The van der Waals surface area contributed by atoms with Crippen molar-refractivity contribution >= 4 is 5.69 Å². The number of hydrogen-bond donors (Lipinski definition) is 1. The molecule has 2 aromatic rings. The topological polar surface area (TPSA) is 71.9 Å². The van der Waals surface area contributed by atoms with Gasteiger partial charge in [0.1, 0.15) is 11.8 Å². The summed E-state index contributed by atoms with van der Waals surface area (Å²) in [4.78, 5) is 4.07. The van der Waals surface area contributed by atoms with Gasteiger partial charge in [-0.15, -0.1) is 0 Å². The summed E-state index contributed by atoms with van der Waals surface area (Å²) in [6.07, 6.45) is 1.44. The lowest BCUT2D eigenvalue weighted by molar-refractivity contribution is 0.462. The average molecular weight is 267 g/mol. The van der Waals surface area contributed by atoms with E-state index in [-0.39, 0.29) is 5.41 Å². The van der Waals surface area contributed by atoms with E-state index in [1.807, 2.05) is 24.3 Å². The zero-order valence-corrected chi connectivity index (χ0v) is 11.8. The first-order chi connectivity index (χ1) is 9.40. The van der Waals surface area contributed by atoms with Crippen LogP contribution in [0.4, 0.5) is 5.69 Å². The molecule has 2 rings (SSSR count). The maximum atomic E-state index is 8.78.